The van der Waals surface area contributed by atoms with Gasteiger partial charge in [-0.2, -0.15) is 0 Å². The Morgan fingerprint density at radius 3 is 2.10 bits per heavy atom. The summed E-state index contributed by atoms with van der Waals surface area (Å²) in [5.41, 5.74) is 3.49. The van der Waals surface area contributed by atoms with Gasteiger partial charge in [-0.1, -0.05) is 67.1 Å². The van der Waals surface area contributed by atoms with Crippen LogP contribution in [0.15, 0.2) is 95.9 Å². The van der Waals surface area contributed by atoms with Crippen molar-refractivity contribution in [2.75, 3.05) is 25.1 Å². The predicted octanol–water partition coefficient (Wildman–Crippen LogP) is 6.72. The molecule has 4 aromatic rings. The molecule has 0 fully saturated rings. The van der Waals surface area contributed by atoms with Gasteiger partial charge >= 0.3 is 0 Å². The standard InChI is InChI=1S/C38H44ClN3O6S/c1-7-28(4)40-38(44)34(22-29-12-9-8-10-13-29)41(24-30-14-11-15-31(39)21-30)37(43)25-42(32-19-26(2)18-27(3)20-32)49(45,46)33-16-17-35(47-5)36(23-33)48-6/h8-21,23,28,34H,7,22,24-25H2,1-6H3,(H,40,44)/t28-,34+/m1/s1. The third-order valence-corrected chi connectivity index (χ3v) is 10.2. The molecule has 4 aromatic carbocycles. The van der Waals surface area contributed by atoms with E-state index in [1.54, 1.807) is 30.3 Å². The van der Waals surface area contributed by atoms with E-state index in [0.717, 1.165) is 21.0 Å². The number of hydrogen-bond acceptors (Lipinski definition) is 6. The summed E-state index contributed by atoms with van der Waals surface area (Å²) in [6, 6.07) is 25.0. The number of carbonyl (C=O) groups excluding carboxylic acids is 2. The highest BCUT2D eigenvalue weighted by atomic mass is 35.5. The van der Waals surface area contributed by atoms with E-state index in [1.165, 1.54) is 37.3 Å². The van der Waals surface area contributed by atoms with Crippen molar-refractivity contribution in [3.8, 4) is 11.5 Å². The highest BCUT2D eigenvalue weighted by Gasteiger charge is 2.35. The summed E-state index contributed by atoms with van der Waals surface area (Å²) in [5, 5.41) is 3.52. The molecule has 2 amide bonds. The first kappa shape index (κ1) is 37.3. The molecular formula is C38H44ClN3O6S. The molecule has 49 heavy (non-hydrogen) atoms. The zero-order valence-corrected chi connectivity index (χ0v) is 30.3. The number of ether oxygens (including phenoxy) is 2. The Bertz CT molecular complexity index is 1850. The summed E-state index contributed by atoms with van der Waals surface area (Å²) in [7, 11) is -1.47. The van der Waals surface area contributed by atoms with Crippen LogP contribution in [0.3, 0.4) is 0 Å². The number of aryl methyl sites for hydroxylation is 2. The molecule has 0 unspecified atom stereocenters. The van der Waals surface area contributed by atoms with E-state index in [1.807, 2.05) is 70.2 Å². The minimum absolute atomic E-state index is 0.0158. The number of anilines is 1. The molecule has 4 rings (SSSR count). The smallest absolute Gasteiger partial charge is 0.264 e. The monoisotopic (exact) mass is 705 g/mol. The van der Waals surface area contributed by atoms with Crippen LogP contribution in [0, 0.1) is 13.8 Å². The molecule has 2 atom stereocenters. The molecule has 0 aliphatic carbocycles. The van der Waals surface area contributed by atoms with Crippen LogP contribution in [0.5, 0.6) is 11.5 Å². The van der Waals surface area contributed by atoms with E-state index in [4.69, 9.17) is 21.1 Å². The van der Waals surface area contributed by atoms with Crippen molar-refractivity contribution in [1.82, 2.24) is 10.2 Å². The first-order valence-corrected chi connectivity index (χ1v) is 17.9. The Morgan fingerprint density at radius 1 is 0.837 bits per heavy atom. The Morgan fingerprint density at radius 2 is 1.49 bits per heavy atom. The van der Waals surface area contributed by atoms with Gasteiger partial charge in [-0.3, -0.25) is 13.9 Å². The van der Waals surface area contributed by atoms with Gasteiger partial charge in [0.05, 0.1) is 24.8 Å². The molecule has 260 valence electrons. The Hall–Kier alpha value is -4.54. The van der Waals surface area contributed by atoms with Gasteiger partial charge in [0.15, 0.2) is 11.5 Å². The number of amides is 2. The predicted molar refractivity (Wildman–Crippen MR) is 194 cm³/mol. The maximum Gasteiger partial charge on any atom is 0.264 e. The van der Waals surface area contributed by atoms with E-state index in [2.05, 4.69) is 5.32 Å². The van der Waals surface area contributed by atoms with Gasteiger partial charge in [-0.05, 0) is 85.8 Å². The van der Waals surface area contributed by atoms with Gasteiger partial charge < -0.3 is 19.7 Å². The van der Waals surface area contributed by atoms with Crippen LogP contribution in [0.25, 0.3) is 0 Å². The molecule has 11 heteroatoms. The minimum Gasteiger partial charge on any atom is -0.493 e. The summed E-state index contributed by atoms with van der Waals surface area (Å²) >= 11 is 6.35. The average molecular weight is 706 g/mol. The van der Waals surface area contributed by atoms with Crippen LogP contribution >= 0.6 is 11.6 Å². The first-order chi connectivity index (χ1) is 23.4. The zero-order valence-electron chi connectivity index (χ0n) is 28.8. The second-order valence-corrected chi connectivity index (χ2v) is 14.3. The topological polar surface area (TPSA) is 105 Å². The number of nitrogens with one attached hydrogen (secondary N) is 1. The van der Waals surface area contributed by atoms with Crippen molar-refractivity contribution in [2.45, 2.75) is 64.1 Å². The lowest BCUT2D eigenvalue weighted by Crippen LogP contribution is -2.54. The van der Waals surface area contributed by atoms with Gasteiger partial charge in [0, 0.05) is 30.1 Å². The van der Waals surface area contributed by atoms with Crippen molar-refractivity contribution in [1.29, 1.82) is 0 Å². The van der Waals surface area contributed by atoms with E-state index in [0.29, 0.717) is 28.4 Å². The zero-order chi connectivity index (χ0) is 35.7. The Kier molecular flexibility index (Phi) is 12.7. The summed E-state index contributed by atoms with van der Waals surface area (Å²) in [6.07, 6.45) is 0.900. The summed E-state index contributed by atoms with van der Waals surface area (Å²) in [6.45, 7) is 7.02. The van der Waals surface area contributed by atoms with Crippen LogP contribution in [0.2, 0.25) is 5.02 Å². The molecule has 0 saturated carbocycles. The quantitative estimate of drug-likeness (QED) is 0.147. The molecular weight excluding hydrogens is 662 g/mol. The van der Waals surface area contributed by atoms with E-state index >= 15 is 0 Å². The first-order valence-electron chi connectivity index (χ1n) is 16.1. The number of benzene rings is 4. The fourth-order valence-electron chi connectivity index (χ4n) is 5.55. The van der Waals surface area contributed by atoms with E-state index in [9.17, 15) is 18.0 Å². The Labute approximate surface area is 294 Å². The second kappa shape index (κ2) is 16.7. The minimum atomic E-state index is -4.35. The van der Waals surface area contributed by atoms with Gasteiger partial charge in [0.2, 0.25) is 11.8 Å². The SMILES string of the molecule is CC[C@@H](C)NC(=O)[C@H](Cc1ccccc1)N(Cc1cccc(Cl)c1)C(=O)CN(c1cc(C)cc(C)c1)S(=O)(=O)c1ccc(OC)c(OC)c1. The third-order valence-electron chi connectivity index (χ3n) is 8.23. The van der Waals surface area contributed by atoms with Crippen molar-refractivity contribution in [2.24, 2.45) is 0 Å². The fourth-order valence-corrected chi connectivity index (χ4v) is 7.18. The van der Waals surface area contributed by atoms with Crippen molar-refractivity contribution in [3.63, 3.8) is 0 Å². The maximum atomic E-state index is 14.7. The van der Waals surface area contributed by atoms with Crippen LogP contribution in [-0.2, 0) is 32.6 Å². The van der Waals surface area contributed by atoms with Crippen molar-refractivity contribution in [3.05, 3.63) is 118 Å². The van der Waals surface area contributed by atoms with Gasteiger partial charge in [-0.25, -0.2) is 8.42 Å². The fraction of sp³-hybridized carbons (Fsp3) is 0.316. The average Bonchev–Trinajstić information content (AvgIpc) is 3.08. The molecule has 1 N–H and O–H groups in total. The lowest BCUT2D eigenvalue weighted by atomic mass is 10.0. The highest BCUT2D eigenvalue weighted by Crippen LogP contribution is 2.33. The number of carbonyl (C=O) groups is 2. The number of hydrogen-bond donors (Lipinski definition) is 1. The van der Waals surface area contributed by atoms with Crippen LogP contribution in [0.4, 0.5) is 5.69 Å². The molecule has 0 bridgehead atoms. The largest absolute Gasteiger partial charge is 0.493 e. The summed E-state index contributed by atoms with van der Waals surface area (Å²) in [5.74, 6) is -0.320. The number of rotatable bonds is 15. The van der Waals surface area contributed by atoms with Crippen LogP contribution in [0.1, 0.15) is 42.5 Å². The third kappa shape index (κ3) is 9.55. The van der Waals surface area contributed by atoms with E-state index in [-0.39, 0.29) is 35.6 Å². The maximum absolute atomic E-state index is 14.7. The molecule has 0 spiro atoms. The van der Waals surface area contributed by atoms with E-state index < -0.39 is 28.5 Å². The summed E-state index contributed by atoms with van der Waals surface area (Å²) < 4.78 is 40.9. The molecule has 0 aliphatic heterocycles. The Balaban J connectivity index is 1.86. The van der Waals surface area contributed by atoms with Crippen LogP contribution in [-0.4, -0.2) is 58.0 Å². The lowest BCUT2D eigenvalue weighted by molar-refractivity contribution is -0.140. The molecule has 9 nitrogen and oxygen atoms in total. The molecule has 0 aliphatic rings. The van der Waals surface area contributed by atoms with Gasteiger partial charge in [0.1, 0.15) is 12.6 Å². The number of halogens is 1. The summed E-state index contributed by atoms with van der Waals surface area (Å²) in [4.78, 5) is 30.1. The number of nitrogens with zero attached hydrogens (tertiary/aromatic N) is 2. The second-order valence-electron chi connectivity index (χ2n) is 12.0. The normalized spacial score (nSPS) is 12.5. The highest BCUT2D eigenvalue weighted by molar-refractivity contribution is 7.92. The van der Waals surface area contributed by atoms with Gasteiger partial charge in [-0.15, -0.1) is 0 Å². The number of sulfonamides is 1. The molecule has 0 aromatic heterocycles. The van der Waals surface area contributed by atoms with Crippen molar-refractivity contribution >= 4 is 39.1 Å². The van der Waals surface area contributed by atoms with Gasteiger partial charge in [0.25, 0.3) is 10.0 Å². The number of methoxy groups -OCH3 is 2. The van der Waals surface area contributed by atoms with Crippen LogP contribution < -0.4 is 19.1 Å². The molecule has 0 saturated heterocycles. The molecule has 0 radical (unpaired) electrons. The molecule has 0 heterocycles. The van der Waals surface area contributed by atoms with Crippen molar-refractivity contribution < 1.29 is 27.5 Å². The lowest BCUT2D eigenvalue weighted by Gasteiger charge is -2.34.